The molecule has 0 radical (unpaired) electrons. The maximum atomic E-state index is 12.3. The van der Waals surface area contributed by atoms with Gasteiger partial charge in [-0.2, -0.15) is 9.97 Å². The van der Waals surface area contributed by atoms with E-state index < -0.39 is 18.4 Å². The SMILES string of the molecule is O=C(CNc1nc(Cl)nc2c1ncn2[C@@H]1O[C@H](CO)C[C@H]1O)[C@@H]1CCNC1. The second kappa shape index (κ2) is 7.64. The lowest BCUT2D eigenvalue weighted by atomic mass is 10.0. The summed E-state index contributed by atoms with van der Waals surface area (Å²) in [6, 6.07) is 0. The first-order valence-electron chi connectivity index (χ1n) is 8.88. The summed E-state index contributed by atoms with van der Waals surface area (Å²) in [6.45, 7) is 1.48. The number of nitrogens with zero attached hydrogens (tertiary/aromatic N) is 4. The van der Waals surface area contributed by atoms with E-state index in [1.165, 1.54) is 6.33 Å². The molecule has 27 heavy (non-hydrogen) atoms. The molecule has 10 nitrogen and oxygen atoms in total. The van der Waals surface area contributed by atoms with E-state index in [0.717, 1.165) is 13.0 Å². The van der Waals surface area contributed by atoms with Crippen LogP contribution in [0.15, 0.2) is 6.33 Å². The highest BCUT2D eigenvalue weighted by Crippen LogP contribution is 2.32. The Morgan fingerprint density at radius 2 is 2.33 bits per heavy atom. The molecule has 0 aromatic carbocycles. The van der Waals surface area contributed by atoms with Gasteiger partial charge in [0.2, 0.25) is 5.28 Å². The number of imidazole rings is 1. The zero-order valence-corrected chi connectivity index (χ0v) is 15.3. The molecule has 4 atom stereocenters. The van der Waals surface area contributed by atoms with Crippen LogP contribution in [-0.2, 0) is 9.53 Å². The molecule has 0 unspecified atom stereocenters. The van der Waals surface area contributed by atoms with Crippen molar-refractivity contribution >= 4 is 34.4 Å². The zero-order chi connectivity index (χ0) is 19.0. The van der Waals surface area contributed by atoms with Crippen LogP contribution in [-0.4, -0.2) is 74.0 Å². The Morgan fingerprint density at radius 1 is 1.48 bits per heavy atom. The number of aliphatic hydroxyl groups is 2. The number of rotatable bonds is 6. The molecule has 4 N–H and O–H groups in total. The predicted molar refractivity (Wildman–Crippen MR) is 96.4 cm³/mol. The third kappa shape index (κ3) is 3.63. The molecule has 0 aliphatic carbocycles. The first kappa shape index (κ1) is 18.5. The van der Waals surface area contributed by atoms with Gasteiger partial charge in [0.25, 0.3) is 0 Å². The lowest BCUT2D eigenvalue weighted by molar-refractivity contribution is -0.120. The summed E-state index contributed by atoms with van der Waals surface area (Å²) in [5, 5.41) is 25.7. The summed E-state index contributed by atoms with van der Waals surface area (Å²) in [5.41, 5.74) is 0.815. The van der Waals surface area contributed by atoms with Crippen molar-refractivity contribution in [3.8, 4) is 0 Å². The van der Waals surface area contributed by atoms with Gasteiger partial charge < -0.3 is 25.6 Å². The van der Waals surface area contributed by atoms with Gasteiger partial charge in [0.15, 0.2) is 29.0 Å². The molecule has 4 heterocycles. The number of fused-ring (bicyclic) bond motifs is 1. The number of aromatic nitrogens is 4. The van der Waals surface area contributed by atoms with E-state index >= 15 is 0 Å². The smallest absolute Gasteiger partial charge is 0.226 e. The van der Waals surface area contributed by atoms with Crippen molar-refractivity contribution in [2.75, 3.05) is 31.6 Å². The fourth-order valence-electron chi connectivity index (χ4n) is 3.54. The number of anilines is 1. The molecule has 4 rings (SSSR count). The molecule has 2 saturated heterocycles. The number of ketones is 1. The highest BCUT2D eigenvalue weighted by molar-refractivity contribution is 6.28. The predicted octanol–water partition coefficient (Wildman–Crippen LogP) is -0.289. The van der Waals surface area contributed by atoms with Gasteiger partial charge in [0.05, 0.1) is 25.6 Å². The van der Waals surface area contributed by atoms with Crippen LogP contribution >= 0.6 is 11.6 Å². The fraction of sp³-hybridized carbons (Fsp3) is 0.625. The van der Waals surface area contributed by atoms with Crippen molar-refractivity contribution < 1.29 is 19.7 Å². The van der Waals surface area contributed by atoms with Crippen molar-refractivity contribution in [2.24, 2.45) is 5.92 Å². The van der Waals surface area contributed by atoms with E-state index in [2.05, 4.69) is 25.6 Å². The Kier molecular flexibility index (Phi) is 5.24. The number of nitrogens with one attached hydrogen (secondary N) is 2. The third-order valence-electron chi connectivity index (χ3n) is 4.98. The lowest BCUT2D eigenvalue weighted by Gasteiger charge is -2.16. The Morgan fingerprint density at radius 3 is 3.04 bits per heavy atom. The van der Waals surface area contributed by atoms with E-state index in [4.69, 9.17) is 16.3 Å². The largest absolute Gasteiger partial charge is 0.394 e. The van der Waals surface area contributed by atoms with Gasteiger partial charge in [-0.15, -0.1) is 0 Å². The van der Waals surface area contributed by atoms with Crippen molar-refractivity contribution in [3.63, 3.8) is 0 Å². The number of hydrogen-bond donors (Lipinski definition) is 4. The van der Waals surface area contributed by atoms with E-state index in [1.807, 2.05) is 0 Å². The molecule has 11 heteroatoms. The zero-order valence-electron chi connectivity index (χ0n) is 14.5. The van der Waals surface area contributed by atoms with Gasteiger partial charge in [-0.25, -0.2) is 4.98 Å². The van der Waals surface area contributed by atoms with E-state index in [0.29, 0.717) is 29.9 Å². The number of halogens is 1. The highest BCUT2D eigenvalue weighted by atomic mass is 35.5. The average Bonchev–Trinajstić information content (AvgIpc) is 3.38. The first-order valence-corrected chi connectivity index (χ1v) is 9.26. The van der Waals surface area contributed by atoms with E-state index in [1.54, 1.807) is 4.57 Å². The van der Waals surface area contributed by atoms with Crippen LogP contribution in [0.1, 0.15) is 19.1 Å². The monoisotopic (exact) mass is 396 g/mol. The third-order valence-corrected chi connectivity index (χ3v) is 5.15. The molecule has 0 amide bonds. The quantitative estimate of drug-likeness (QED) is 0.486. The number of ether oxygens (including phenoxy) is 1. The van der Waals surface area contributed by atoms with Crippen LogP contribution in [0.2, 0.25) is 5.28 Å². The van der Waals surface area contributed by atoms with Crippen LogP contribution in [0.5, 0.6) is 0 Å². The molecule has 2 aromatic heterocycles. The van der Waals surface area contributed by atoms with Gasteiger partial charge in [-0.3, -0.25) is 9.36 Å². The number of carbonyl (C=O) groups is 1. The molecule has 2 aliphatic heterocycles. The standard InChI is InChI=1S/C16H21ClN6O4/c17-16-21-13(19-5-11(26)8-1-2-18-4-8)12-14(22-16)23(7-20-12)15-10(25)3-9(6-24)27-15/h7-10,15,18,24-25H,1-6H2,(H,19,21,22)/t8-,9+,10-,15-/m1/s1. The van der Waals surface area contributed by atoms with Crippen LogP contribution in [0.4, 0.5) is 5.82 Å². The summed E-state index contributed by atoms with van der Waals surface area (Å²) >= 11 is 6.05. The van der Waals surface area contributed by atoms with E-state index in [9.17, 15) is 15.0 Å². The second-order valence-corrected chi connectivity index (χ2v) is 7.15. The number of carbonyl (C=O) groups excluding carboxylic acids is 1. The Hall–Kier alpha value is -1.85. The second-order valence-electron chi connectivity index (χ2n) is 6.81. The van der Waals surface area contributed by atoms with Crippen molar-refractivity contribution in [3.05, 3.63) is 11.6 Å². The summed E-state index contributed by atoms with van der Waals surface area (Å²) < 4.78 is 7.23. The maximum absolute atomic E-state index is 12.3. The maximum Gasteiger partial charge on any atom is 0.226 e. The topological polar surface area (TPSA) is 134 Å². The summed E-state index contributed by atoms with van der Waals surface area (Å²) in [6.07, 6.45) is 0.650. The van der Waals surface area contributed by atoms with Gasteiger partial charge in [-0.05, 0) is 24.6 Å². The molecule has 0 spiro atoms. The molecule has 146 valence electrons. The minimum absolute atomic E-state index is 0.000286. The molecule has 0 bridgehead atoms. The number of aliphatic hydroxyl groups excluding tert-OH is 2. The van der Waals surface area contributed by atoms with Gasteiger partial charge >= 0.3 is 0 Å². The van der Waals surface area contributed by atoms with Crippen LogP contribution < -0.4 is 10.6 Å². The molecular weight excluding hydrogens is 376 g/mol. The lowest BCUT2D eigenvalue weighted by Crippen LogP contribution is -2.25. The molecule has 2 fully saturated rings. The summed E-state index contributed by atoms with van der Waals surface area (Å²) in [5.74, 6) is 0.456. The van der Waals surface area contributed by atoms with E-state index in [-0.39, 0.29) is 30.1 Å². The number of hydrogen-bond acceptors (Lipinski definition) is 9. The normalized spacial score (nSPS) is 28.1. The Balaban J connectivity index is 1.57. The molecule has 2 aromatic rings. The number of Topliss-reactive ketones (excluding diaryl/α,β-unsaturated/α-hetero) is 1. The summed E-state index contributed by atoms with van der Waals surface area (Å²) in [4.78, 5) is 24.9. The molecule has 0 saturated carbocycles. The Bertz CT molecular complexity index is 840. The minimum atomic E-state index is -0.804. The van der Waals surface area contributed by atoms with Gasteiger partial charge in [0.1, 0.15) is 6.10 Å². The van der Waals surface area contributed by atoms with Gasteiger partial charge in [0, 0.05) is 18.9 Å². The highest BCUT2D eigenvalue weighted by Gasteiger charge is 2.36. The van der Waals surface area contributed by atoms with Gasteiger partial charge in [-0.1, -0.05) is 0 Å². The summed E-state index contributed by atoms with van der Waals surface area (Å²) in [7, 11) is 0. The van der Waals surface area contributed by atoms with Crippen molar-refractivity contribution in [2.45, 2.75) is 31.3 Å². The molecule has 2 aliphatic rings. The van der Waals surface area contributed by atoms with Crippen molar-refractivity contribution in [1.82, 2.24) is 24.8 Å². The molecular formula is C16H21ClN6O4. The fourth-order valence-corrected chi connectivity index (χ4v) is 3.71. The minimum Gasteiger partial charge on any atom is -0.394 e. The van der Waals surface area contributed by atoms with Crippen LogP contribution in [0.3, 0.4) is 0 Å². The average molecular weight is 397 g/mol. The van der Waals surface area contributed by atoms with Crippen LogP contribution in [0.25, 0.3) is 11.2 Å². The Labute approximate surface area is 159 Å². The van der Waals surface area contributed by atoms with Crippen LogP contribution in [0, 0.1) is 5.92 Å². The first-order chi connectivity index (χ1) is 13.1. The van der Waals surface area contributed by atoms with Crippen molar-refractivity contribution in [1.29, 1.82) is 0 Å².